The molecular formula is C22H22O10. The van der Waals surface area contributed by atoms with Gasteiger partial charge in [0.1, 0.15) is 53.2 Å². The summed E-state index contributed by atoms with van der Waals surface area (Å²) in [6, 6.07) is 8.76. The van der Waals surface area contributed by atoms with Crippen LogP contribution >= 0.6 is 0 Å². The molecule has 2 aromatic carbocycles. The van der Waals surface area contributed by atoms with Gasteiger partial charge in [0.15, 0.2) is 16.8 Å². The summed E-state index contributed by atoms with van der Waals surface area (Å²) in [4.78, 5) is 12.7. The molecule has 170 valence electrons. The van der Waals surface area contributed by atoms with Crippen LogP contribution in [0.2, 0.25) is 0 Å². The molecule has 1 aromatic heterocycles. The molecule has 6 N–H and O–H groups in total. The third-order valence-corrected chi connectivity index (χ3v) is 5.56. The number of phenols is 2. The van der Waals surface area contributed by atoms with Gasteiger partial charge in [0, 0.05) is 17.2 Å². The fourth-order valence-electron chi connectivity index (χ4n) is 3.79. The summed E-state index contributed by atoms with van der Waals surface area (Å²) in [6.45, 7) is -0.668. The Hall–Kier alpha value is -3.15. The first kappa shape index (κ1) is 22.1. The van der Waals surface area contributed by atoms with Crippen molar-refractivity contribution in [2.45, 2.75) is 30.5 Å². The van der Waals surface area contributed by atoms with Crippen molar-refractivity contribution in [1.29, 1.82) is 0 Å². The third kappa shape index (κ3) is 3.57. The van der Waals surface area contributed by atoms with Crippen LogP contribution in [0.1, 0.15) is 11.7 Å². The zero-order valence-corrected chi connectivity index (χ0v) is 16.9. The number of hydrogen-bond donors (Lipinski definition) is 6. The van der Waals surface area contributed by atoms with E-state index in [0.29, 0.717) is 11.3 Å². The summed E-state index contributed by atoms with van der Waals surface area (Å²) in [7, 11) is 1.51. The van der Waals surface area contributed by atoms with Gasteiger partial charge in [-0.05, 0) is 30.3 Å². The van der Waals surface area contributed by atoms with E-state index in [2.05, 4.69) is 0 Å². The highest BCUT2D eigenvalue weighted by molar-refractivity contribution is 5.90. The lowest BCUT2D eigenvalue weighted by Gasteiger charge is -2.40. The number of ether oxygens (including phenoxy) is 2. The molecule has 32 heavy (non-hydrogen) atoms. The maximum atomic E-state index is 12.7. The smallest absolute Gasteiger partial charge is 0.197 e. The Morgan fingerprint density at radius 1 is 1.00 bits per heavy atom. The van der Waals surface area contributed by atoms with Gasteiger partial charge in [-0.2, -0.15) is 0 Å². The molecule has 3 aromatic rings. The monoisotopic (exact) mass is 446 g/mol. The lowest BCUT2D eigenvalue weighted by Crippen LogP contribution is -2.55. The predicted octanol–water partition coefficient (Wildman–Crippen LogP) is 0.395. The predicted molar refractivity (Wildman–Crippen MR) is 111 cm³/mol. The minimum absolute atomic E-state index is 0.103. The van der Waals surface area contributed by atoms with Gasteiger partial charge in [-0.3, -0.25) is 4.79 Å². The number of fused-ring (bicyclic) bond motifs is 1. The quantitative estimate of drug-likeness (QED) is 0.308. The second kappa shape index (κ2) is 8.41. The Balaban J connectivity index is 1.87. The number of aromatic hydroxyl groups is 2. The normalized spacial score (nSPS) is 25.7. The zero-order chi connectivity index (χ0) is 23.2. The maximum Gasteiger partial charge on any atom is 0.197 e. The van der Waals surface area contributed by atoms with Crippen LogP contribution in [0.5, 0.6) is 17.2 Å². The topological polar surface area (TPSA) is 170 Å². The van der Waals surface area contributed by atoms with E-state index in [1.54, 1.807) is 24.3 Å². The lowest BCUT2D eigenvalue weighted by atomic mass is 9.90. The Morgan fingerprint density at radius 3 is 2.31 bits per heavy atom. The summed E-state index contributed by atoms with van der Waals surface area (Å²) < 4.78 is 16.3. The van der Waals surface area contributed by atoms with Crippen LogP contribution in [0, 0.1) is 0 Å². The molecule has 0 amide bonds. The van der Waals surface area contributed by atoms with Crippen LogP contribution in [0.3, 0.4) is 0 Å². The summed E-state index contributed by atoms with van der Waals surface area (Å²) in [5.74, 6) is -0.456. The highest BCUT2D eigenvalue weighted by atomic mass is 16.5. The van der Waals surface area contributed by atoms with Crippen LogP contribution in [-0.2, 0) is 4.74 Å². The highest BCUT2D eigenvalue weighted by Crippen LogP contribution is 2.43. The Labute approximate surface area is 181 Å². The van der Waals surface area contributed by atoms with E-state index < -0.39 is 54.1 Å². The summed E-state index contributed by atoms with van der Waals surface area (Å²) in [6.07, 6.45) is -7.65. The minimum atomic E-state index is -1.70. The van der Waals surface area contributed by atoms with E-state index in [4.69, 9.17) is 13.9 Å². The first-order chi connectivity index (χ1) is 15.3. The number of phenolic OH excluding ortho intramolecular Hbond substituents is 2. The Morgan fingerprint density at radius 2 is 1.69 bits per heavy atom. The molecular weight excluding hydrogens is 424 g/mol. The van der Waals surface area contributed by atoms with Crippen molar-refractivity contribution in [3.8, 4) is 28.6 Å². The molecule has 5 atom stereocenters. The van der Waals surface area contributed by atoms with Crippen molar-refractivity contribution >= 4 is 11.0 Å². The minimum Gasteiger partial charge on any atom is -0.507 e. The molecule has 4 rings (SSSR count). The average molecular weight is 446 g/mol. The molecule has 5 unspecified atom stereocenters. The standard InChI is InChI=1S/C22H22O10/c1-30-10-4-2-9(3-5-10)14-7-13(25)16-12(24)6-11(17(26)22(16)31-14)21-20(29)19(28)18(27)15(8-23)32-21/h2-7,15,18-21,23-24,26-29H,8H2,1H3. The number of benzene rings is 2. The van der Waals surface area contributed by atoms with Crippen molar-refractivity contribution in [2.24, 2.45) is 0 Å². The van der Waals surface area contributed by atoms with Gasteiger partial charge >= 0.3 is 0 Å². The lowest BCUT2D eigenvalue weighted by molar-refractivity contribution is -0.232. The second-order valence-corrected chi connectivity index (χ2v) is 7.49. The van der Waals surface area contributed by atoms with Crippen molar-refractivity contribution in [1.82, 2.24) is 0 Å². The van der Waals surface area contributed by atoms with Crippen molar-refractivity contribution in [2.75, 3.05) is 13.7 Å². The summed E-state index contributed by atoms with van der Waals surface area (Å²) in [5, 5.41) is 60.9. The van der Waals surface area contributed by atoms with Gasteiger partial charge < -0.3 is 44.5 Å². The average Bonchev–Trinajstić information content (AvgIpc) is 2.80. The summed E-state index contributed by atoms with van der Waals surface area (Å²) >= 11 is 0. The first-order valence-corrected chi connectivity index (χ1v) is 9.74. The van der Waals surface area contributed by atoms with E-state index in [0.717, 1.165) is 12.1 Å². The van der Waals surface area contributed by atoms with E-state index >= 15 is 0 Å². The number of methoxy groups -OCH3 is 1. The van der Waals surface area contributed by atoms with Crippen molar-refractivity contribution in [3.63, 3.8) is 0 Å². The van der Waals surface area contributed by atoms with Gasteiger partial charge in [0.25, 0.3) is 0 Å². The molecule has 0 aliphatic carbocycles. The van der Waals surface area contributed by atoms with Crippen molar-refractivity contribution in [3.05, 3.63) is 52.2 Å². The molecule has 1 aliphatic heterocycles. The number of aliphatic hydroxyl groups is 4. The maximum absolute atomic E-state index is 12.7. The molecule has 0 saturated carbocycles. The van der Waals surface area contributed by atoms with Gasteiger partial charge in [-0.1, -0.05) is 0 Å². The number of rotatable bonds is 4. The molecule has 10 heteroatoms. The molecule has 0 spiro atoms. The molecule has 1 saturated heterocycles. The zero-order valence-electron chi connectivity index (χ0n) is 16.9. The largest absolute Gasteiger partial charge is 0.507 e. The fraction of sp³-hybridized carbons (Fsp3) is 0.318. The number of hydrogen-bond acceptors (Lipinski definition) is 10. The first-order valence-electron chi connectivity index (χ1n) is 9.74. The number of aliphatic hydroxyl groups excluding tert-OH is 4. The van der Waals surface area contributed by atoms with E-state index in [1.165, 1.54) is 7.11 Å². The molecule has 0 radical (unpaired) electrons. The van der Waals surface area contributed by atoms with Crippen LogP contribution in [0.4, 0.5) is 0 Å². The van der Waals surface area contributed by atoms with E-state index in [1.807, 2.05) is 0 Å². The Bertz CT molecular complexity index is 1180. The second-order valence-electron chi connectivity index (χ2n) is 7.49. The van der Waals surface area contributed by atoms with E-state index in [9.17, 15) is 35.4 Å². The summed E-state index contributed by atoms with van der Waals surface area (Å²) in [5.41, 5.74) is -0.663. The SMILES string of the molecule is COc1ccc(-c2cc(=O)c3c(O)cc(C4OC(CO)C(O)C(O)C4O)c(O)c3o2)cc1. The van der Waals surface area contributed by atoms with Gasteiger partial charge in [-0.15, -0.1) is 0 Å². The Kier molecular flexibility index (Phi) is 5.80. The van der Waals surface area contributed by atoms with Gasteiger partial charge in [0.2, 0.25) is 0 Å². The van der Waals surface area contributed by atoms with Crippen molar-refractivity contribution < 1.29 is 44.5 Å². The molecule has 0 bridgehead atoms. The van der Waals surface area contributed by atoms with Gasteiger partial charge in [0.05, 0.1) is 13.7 Å². The third-order valence-electron chi connectivity index (χ3n) is 5.56. The molecule has 10 nitrogen and oxygen atoms in total. The van der Waals surface area contributed by atoms with E-state index in [-0.39, 0.29) is 22.3 Å². The molecule has 1 fully saturated rings. The van der Waals surface area contributed by atoms with Crippen LogP contribution in [-0.4, -0.2) is 68.8 Å². The van der Waals surface area contributed by atoms with Crippen LogP contribution in [0.15, 0.2) is 45.6 Å². The van der Waals surface area contributed by atoms with Gasteiger partial charge in [-0.25, -0.2) is 0 Å². The molecule has 2 heterocycles. The fourth-order valence-corrected chi connectivity index (χ4v) is 3.79. The van der Waals surface area contributed by atoms with Crippen LogP contribution in [0.25, 0.3) is 22.3 Å². The molecule has 1 aliphatic rings. The van der Waals surface area contributed by atoms with Crippen LogP contribution < -0.4 is 10.2 Å². The highest BCUT2D eigenvalue weighted by Gasteiger charge is 2.45.